The van der Waals surface area contributed by atoms with Crippen molar-refractivity contribution in [1.29, 1.82) is 0 Å². The monoisotopic (exact) mass is 168 g/mol. The molecule has 0 heteroatoms. The Balaban J connectivity index is 2.49. The van der Waals surface area contributed by atoms with Crippen molar-refractivity contribution in [3.05, 3.63) is 47.5 Å². The highest BCUT2D eigenvalue weighted by atomic mass is 14.1. The van der Waals surface area contributed by atoms with Gasteiger partial charge in [-0.25, -0.2) is 0 Å². The summed E-state index contributed by atoms with van der Waals surface area (Å²) in [5, 5.41) is 2.94. The van der Waals surface area contributed by atoms with Crippen LogP contribution in [0.15, 0.2) is 36.4 Å². The van der Waals surface area contributed by atoms with Crippen molar-refractivity contribution in [3.8, 4) is 0 Å². The van der Waals surface area contributed by atoms with Gasteiger partial charge in [0.1, 0.15) is 0 Å². The SMILES string of the molecule is c1cc2c3c(cccc3c1)CCC2. The van der Waals surface area contributed by atoms with Crippen molar-refractivity contribution >= 4 is 10.8 Å². The predicted octanol–water partition coefficient (Wildman–Crippen LogP) is 3.33. The molecule has 0 heterocycles. The summed E-state index contributed by atoms with van der Waals surface area (Å²) in [6.07, 6.45) is 3.83. The molecule has 0 fully saturated rings. The first-order valence-electron chi connectivity index (χ1n) is 4.95. The van der Waals surface area contributed by atoms with E-state index in [1.54, 1.807) is 11.1 Å². The van der Waals surface area contributed by atoms with Crippen LogP contribution < -0.4 is 0 Å². The number of hydrogen-bond acceptors (Lipinski definition) is 0. The predicted molar refractivity (Wildman–Crippen MR) is 56.0 cm³/mol. The zero-order valence-corrected chi connectivity index (χ0v) is 7.59. The quantitative estimate of drug-likeness (QED) is 0.566. The molecule has 2 aromatic rings. The highest BCUT2D eigenvalue weighted by Gasteiger charge is 2.10. The molecule has 3 rings (SSSR count). The lowest BCUT2D eigenvalue weighted by atomic mass is 9.89. The second-order valence-corrected chi connectivity index (χ2v) is 3.79. The van der Waals surface area contributed by atoms with E-state index in [0.29, 0.717) is 0 Å². The summed E-state index contributed by atoms with van der Waals surface area (Å²) in [7, 11) is 0. The zero-order valence-electron chi connectivity index (χ0n) is 7.59. The van der Waals surface area contributed by atoms with E-state index in [-0.39, 0.29) is 0 Å². The molecule has 0 aromatic heterocycles. The van der Waals surface area contributed by atoms with E-state index >= 15 is 0 Å². The fourth-order valence-corrected chi connectivity index (χ4v) is 2.39. The summed E-state index contributed by atoms with van der Waals surface area (Å²) in [6.45, 7) is 0. The minimum absolute atomic E-state index is 1.26. The third-order valence-corrected chi connectivity index (χ3v) is 2.97. The number of aryl methyl sites for hydroxylation is 2. The fourth-order valence-electron chi connectivity index (χ4n) is 2.39. The van der Waals surface area contributed by atoms with Crippen LogP contribution >= 0.6 is 0 Å². The Bertz CT molecular complexity index is 416. The Morgan fingerprint density at radius 1 is 0.769 bits per heavy atom. The van der Waals surface area contributed by atoms with E-state index in [1.165, 1.54) is 30.0 Å². The van der Waals surface area contributed by atoms with Crippen molar-refractivity contribution in [1.82, 2.24) is 0 Å². The summed E-state index contributed by atoms with van der Waals surface area (Å²) in [6, 6.07) is 13.3. The lowest BCUT2D eigenvalue weighted by Crippen LogP contribution is -2.00. The highest BCUT2D eigenvalue weighted by molar-refractivity contribution is 5.89. The van der Waals surface area contributed by atoms with Gasteiger partial charge < -0.3 is 0 Å². The maximum absolute atomic E-state index is 2.27. The van der Waals surface area contributed by atoms with Crippen LogP contribution in [0.1, 0.15) is 17.5 Å². The Morgan fingerprint density at radius 2 is 1.38 bits per heavy atom. The van der Waals surface area contributed by atoms with E-state index < -0.39 is 0 Å². The van der Waals surface area contributed by atoms with Crippen molar-refractivity contribution in [3.63, 3.8) is 0 Å². The van der Waals surface area contributed by atoms with Crippen LogP contribution in [0.4, 0.5) is 0 Å². The van der Waals surface area contributed by atoms with Crippen LogP contribution in [0.5, 0.6) is 0 Å². The van der Waals surface area contributed by atoms with E-state index in [1.807, 2.05) is 0 Å². The van der Waals surface area contributed by atoms with Gasteiger partial charge in [-0.3, -0.25) is 0 Å². The van der Waals surface area contributed by atoms with E-state index in [0.717, 1.165) is 0 Å². The lowest BCUT2D eigenvalue weighted by Gasteiger charge is -2.16. The minimum Gasteiger partial charge on any atom is -0.0614 e. The molecule has 0 aliphatic heterocycles. The molecule has 1 aliphatic carbocycles. The molecule has 13 heavy (non-hydrogen) atoms. The number of rotatable bonds is 0. The third-order valence-electron chi connectivity index (χ3n) is 2.97. The molecule has 0 saturated heterocycles. The average Bonchev–Trinajstić information content (AvgIpc) is 2.19. The Morgan fingerprint density at radius 3 is 2.00 bits per heavy atom. The molecule has 2 aromatic carbocycles. The van der Waals surface area contributed by atoms with Crippen LogP contribution in [0.3, 0.4) is 0 Å². The Labute approximate surface area is 78.2 Å². The maximum Gasteiger partial charge on any atom is -0.0120 e. The van der Waals surface area contributed by atoms with Crippen molar-refractivity contribution < 1.29 is 0 Å². The summed E-state index contributed by atoms with van der Waals surface area (Å²) < 4.78 is 0. The molecular formula is C13H12. The molecular weight excluding hydrogens is 156 g/mol. The minimum atomic E-state index is 1.26. The first-order chi connectivity index (χ1) is 6.45. The molecule has 0 saturated carbocycles. The van der Waals surface area contributed by atoms with Crippen LogP contribution in [0.25, 0.3) is 10.8 Å². The molecule has 0 bridgehead atoms. The molecule has 64 valence electrons. The highest BCUT2D eigenvalue weighted by Crippen LogP contribution is 2.29. The van der Waals surface area contributed by atoms with E-state index in [9.17, 15) is 0 Å². The van der Waals surface area contributed by atoms with Gasteiger partial charge in [0.25, 0.3) is 0 Å². The second-order valence-electron chi connectivity index (χ2n) is 3.79. The first-order valence-corrected chi connectivity index (χ1v) is 4.95. The zero-order chi connectivity index (χ0) is 8.67. The Hall–Kier alpha value is -1.30. The largest absolute Gasteiger partial charge is 0.0614 e. The van der Waals surface area contributed by atoms with Crippen LogP contribution in [0.2, 0.25) is 0 Å². The normalized spacial score (nSPS) is 14.8. The standard InChI is InChI=1S/C13H12/c1-4-10-6-2-8-12-9-3-7-11(5-1)13(10)12/h1-2,4-6,8H,3,7,9H2. The first kappa shape index (κ1) is 7.14. The van der Waals surface area contributed by atoms with Crippen molar-refractivity contribution in [2.45, 2.75) is 19.3 Å². The molecule has 0 N–H and O–H groups in total. The lowest BCUT2D eigenvalue weighted by molar-refractivity contribution is 0.808. The number of hydrogen-bond donors (Lipinski definition) is 0. The van der Waals surface area contributed by atoms with Crippen LogP contribution in [-0.4, -0.2) is 0 Å². The topological polar surface area (TPSA) is 0 Å². The summed E-state index contributed by atoms with van der Waals surface area (Å²) in [5.74, 6) is 0. The molecule has 0 unspecified atom stereocenters. The van der Waals surface area contributed by atoms with Gasteiger partial charge in [0, 0.05) is 0 Å². The number of benzene rings is 2. The van der Waals surface area contributed by atoms with Gasteiger partial charge in [-0.1, -0.05) is 36.4 Å². The van der Waals surface area contributed by atoms with Gasteiger partial charge in [0.2, 0.25) is 0 Å². The molecule has 0 spiro atoms. The van der Waals surface area contributed by atoms with Crippen molar-refractivity contribution in [2.75, 3.05) is 0 Å². The molecule has 0 amide bonds. The van der Waals surface area contributed by atoms with Crippen LogP contribution in [0, 0.1) is 0 Å². The Kier molecular flexibility index (Phi) is 1.42. The smallest absolute Gasteiger partial charge is 0.0120 e. The fraction of sp³-hybridized carbons (Fsp3) is 0.231. The summed E-state index contributed by atoms with van der Waals surface area (Å²) >= 11 is 0. The van der Waals surface area contributed by atoms with E-state index in [2.05, 4.69) is 36.4 Å². The van der Waals surface area contributed by atoms with Crippen LogP contribution in [-0.2, 0) is 12.8 Å². The summed E-state index contributed by atoms with van der Waals surface area (Å²) in [5.41, 5.74) is 3.08. The van der Waals surface area contributed by atoms with Gasteiger partial charge >= 0.3 is 0 Å². The van der Waals surface area contributed by atoms with Gasteiger partial charge in [0.05, 0.1) is 0 Å². The van der Waals surface area contributed by atoms with E-state index in [4.69, 9.17) is 0 Å². The van der Waals surface area contributed by atoms with Gasteiger partial charge in [-0.05, 0) is 41.2 Å². The third kappa shape index (κ3) is 0.983. The molecule has 0 atom stereocenters. The molecule has 1 aliphatic rings. The van der Waals surface area contributed by atoms with Gasteiger partial charge in [-0.2, -0.15) is 0 Å². The molecule has 0 radical (unpaired) electrons. The van der Waals surface area contributed by atoms with Gasteiger partial charge in [-0.15, -0.1) is 0 Å². The van der Waals surface area contributed by atoms with Crippen molar-refractivity contribution in [2.24, 2.45) is 0 Å². The second kappa shape index (κ2) is 2.59. The molecule has 0 nitrogen and oxygen atoms in total. The van der Waals surface area contributed by atoms with Gasteiger partial charge in [0.15, 0.2) is 0 Å². The average molecular weight is 168 g/mol. The maximum atomic E-state index is 2.27. The summed E-state index contributed by atoms with van der Waals surface area (Å²) in [4.78, 5) is 0.